The molecule has 9 nitrogen and oxygen atoms in total. The maximum Gasteiger partial charge on any atom is 0.273 e. The van der Waals surface area contributed by atoms with Gasteiger partial charge < -0.3 is 4.74 Å². The van der Waals surface area contributed by atoms with Crippen LogP contribution in [0.3, 0.4) is 0 Å². The third kappa shape index (κ3) is 3.22. The summed E-state index contributed by atoms with van der Waals surface area (Å²) in [6.07, 6.45) is 1.55. The molecule has 4 atom stereocenters. The minimum absolute atomic E-state index is 0.0507. The summed E-state index contributed by atoms with van der Waals surface area (Å²) >= 11 is 5.96. The Morgan fingerprint density at radius 3 is 2.48 bits per heavy atom. The van der Waals surface area contributed by atoms with Crippen molar-refractivity contribution in [3.8, 4) is 5.75 Å². The molecule has 10 heteroatoms. The molecule has 3 heterocycles. The van der Waals surface area contributed by atoms with E-state index in [0.29, 0.717) is 17.1 Å². The van der Waals surface area contributed by atoms with Gasteiger partial charge in [-0.3, -0.25) is 29.4 Å². The summed E-state index contributed by atoms with van der Waals surface area (Å²) in [5.74, 6) is -2.54. The van der Waals surface area contributed by atoms with E-state index < -0.39 is 34.6 Å². The summed E-state index contributed by atoms with van der Waals surface area (Å²) < 4.78 is 5.27. The lowest BCUT2D eigenvalue weighted by atomic mass is 9.85. The van der Waals surface area contributed by atoms with Crippen molar-refractivity contribution in [3.63, 3.8) is 0 Å². The topological polar surface area (TPSA) is 110 Å². The van der Waals surface area contributed by atoms with Crippen molar-refractivity contribution < 1.29 is 24.0 Å². The van der Waals surface area contributed by atoms with Gasteiger partial charge >= 0.3 is 0 Å². The number of fused-ring (bicyclic) bond motifs is 3. The Morgan fingerprint density at radius 2 is 1.82 bits per heavy atom. The highest BCUT2D eigenvalue weighted by atomic mass is 35.5. The van der Waals surface area contributed by atoms with Crippen molar-refractivity contribution in [2.45, 2.75) is 24.9 Å². The number of methoxy groups -OCH3 is 1. The third-order valence-corrected chi connectivity index (χ3v) is 7.12. The van der Waals surface area contributed by atoms with Crippen molar-refractivity contribution >= 4 is 40.6 Å². The van der Waals surface area contributed by atoms with Crippen LogP contribution in [0, 0.1) is 22.0 Å². The summed E-state index contributed by atoms with van der Waals surface area (Å²) in [6.45, 7) is 0.642. The molecule has 2 aromatic rings. The number of non-ortho nitro benzene ring substituents is 1. The molecule has 0 spiro atoms. The minimum Gasteiger partial charge on any atom is -0.494 e. The van der Waals surface area contributed by atoms with Crippen LogP contribution in [0.4, 0.5) is 11.4 Å². The molecule has 0 bridgehead atoms. The number of nitro groups is 1. The molecule has 2 amide bonds. The van der Waals surface area contributed by atoms with E-state index >= 15 is 0 Å². The van der Waals surface area contributed by atoms with E-state index in [1.54, 1.807) is 24.3 Å². The van der Waals surface area contributed by atoms with Gasteiger partial charge in [0.2, 0.25) is 11.8 Å². The van der Waals surface area contributed by atoms with Crippen LogP contribution in [-0.2, 0) is 9.59 Å². The van der Waals surface area contributed by atoms with Crippen molar-refractivity contribution in [2.75, 3.05) is 18.6 Å². The maximum atomic E-state index is 13.6. The Bertz CT molecular complexity index is 1180. The van der Waals surface area contributed by atoms with Crippen LogP contribution in [0.1, 0.15) is 23.2 Å². The maximum absolute atomic E-state index is 13.6. The first kappa shape index (κ1) is 21.5. The summed E-state index contributed by atoms with van der Waals surface area (Å²) in [5, 5.41) is 11.6. The largest absolute Gasteiger partial charge is 0.494 e. The number of rotatable bonds is 5. The molecule has 3 fully saturated rings. The molecule has 33 heavy (non-hydrogen) atoms. The van der Waals surface area contributed by atoms with Crippen LogP contribution in [0.5, 0.6) is 5.75 Å². The number of hydrogen-bond acceptors (Lipinski definition) is 7. The number of carbonyl (C=O) groups excluding carboxylic acids is 3. The number of carbonyl (C=O) groups is 3. The monoisotopic (exact) mass is 469 g/mol. The standard InChI is InChI=1S/C23H20ClN3O6/c1-33-17-11-14(27(31)32)8-9-15(17)26-22(29)18-16-3-2-10-25(16)20(19(18)23(26)30)21(28)12-4-6-13(24)7-5-12/h4-9,11,16,18-20H,2-3,10H2,1H3/t16-,18-,19-,20-/m0/s1. The molecule has 0 radical (unpaired) electrons. The molecule has 0 unspecified atom stereocenters. The molecule has 170 valence electrons. The highest BCUT2D eigenvalue weighted by Crippen LogP contribution is 2.49. The molecule has 5 rings (SSSR count). The lowest BCUT2D eigenvalue weighted by molar-refractivity contribution is -0.384. The number of nitrogens with zero attached hydrogens (tertiary/aromatic N) is 3. The van der Waals surface area contributed by atoms with E-state index in [0.717, 1.165) is 17.7 Å². The summed E-state index contributed by atoms with van der Waals surface area (Å²) in [4.78, 5) is 54.3. The number of ether oxygens (including phenoxy) is 1. The normalized spacial score (nSPS) is 26.4. The number of anilines is 1. The van der Waals surface area contributed by atoms with Crippen molar-refractivity contribution in [1.82, 2.24) is 4.90 Å². The Morgan fingerprint density at radius 1 is 1.12 bits per heavy atom. The predicted octanol–water partition coefficient (Wildman–Crippen LogP) is 3.09. The van der Waals surface area contributed by atoms with E-state index in [1.165, 1.54) is 25.3 Å². The van der Waals surface area contributed by atoms with Crippen LogP contribution < -0.4 is 9.64 Å². The molecule has 3 aliphatic heterocycles. The smallest absolute Gasteiger partial charge is 0.273 e. The van der Waals surface area contributed by atoms with Crippen LogP contribution in [0.2, 0.25) is 5.02 Å². The number of hydrogen-bond donors (Lipinski definition) is 0. The van der Waals surface area contributed by atoms with E-state index in [9.17, 15) is 24.5 Å². The molecule has 3 aliphatic rings. The van der Waals surface area contributed by atoms with Crippen molar-refractivity contribution in [3.05, 3.63) is 63.2 Å². The molecule has 3 saturated heterocycles. The first-order valence-electron chi connectivity index (χ1n) is 10.6. The summed E-state index contributed by atoms with van der Waals surface area (Å²) in [6, 6.07) is 9.29. The van der Waals surface area contributed by atoms with Gasteiger partial charge in [0.25, 0.3) is 5.69 Å². The first-order valence-corrected chi connectivity index (χ1v) is 11.0. The SMILES string of the molecule is COc1cc([N+](=O)[O-])ccc1N1C(=O)[C@@H]2[C@H](C1=O)[C@@H](C(=O)c1ccc(Cl)cc1)N1CCC[C@@H]21. The van der Waals surface area contributed by atoms with Gasteiger partial charge in [-0.2, -0.15) is 0 Å². The van der Waals surface area contributed by atoms with Crippen LogP contribution in [0.25, 0.3) is 0 Å². The van der Waals surface area contributed by atoms with Gasteiger partial charge in [0.1, 0.15) is 5.75 Å². The number of ketones is 1. The van der Waals surface area contributed by atoms with Gasteiger partial charge in [0.15, 0.2) is 5.78 Å². The van der Waals surface area contributed by atoms with E-state index in [2.05, 4.69) is 0 Å². The molecular weight excluding hydrogens is 450 g/mol. The lowest BCUT2D eigenvalue weighted by Crippen LogP contribution is -2.46. The highest BCUT2D eigenvalue weighted by molar-refractivity contribution is 6.30. The number of benzene rings is 2. The second-order valence-corrected chi connectivity index (χ2v) is 8.88. The molecular formula is C23H20ClN3O6. The zero-order valence-electron chi connectivity index (χ0n) is 17.6. The Labute approximate surface area is 194 Å². The van der Waals surface area contributed by atoms with Gasteiger partial charge in [-0.1, -0.05) is 11.6 Å². The first-order chi connectivity index (χ1) is 15.8. The number of halogens is 1. The lowest BCUT2D eigenvalue weighted by Gasteiger charge is -2.28. The summed E-state index contributed by atoms with van der Waals surface area (Å²) in [5.41, 5.74) is 0.365. The van der Waals surface area contributed by atoms with Crippen molar-refractivity contribution in [1.29, 1.82) is 0 Å². The second-order valence-electron chi connectivity index (χ2n) is 8.44. The fraction of sp³-hybridized carbons (Fsp3) is 0.348. The van der Waals surface area contributed by atoms with Crippen LogP contribution in [0.15, 0.2) is 42.5 Å². The molecule has 0 aliphatic carbocycles. The zero-order chi connectivity index (χ0) is 23.4. The molecule has 2 aromatic carbocycles. The van der Waals surface area contributed by atoms with Crippen LogP contribution in [-0.4, -0.2) is 53.2 Å². The Balaban J connectivity index is 1.55. The third-order valence-electron chi connectivity index (χ3n) is 6.86. The minimum atomic E-state index is -0.828. The van der Waals surface area contributed by atoms with E-state index in [4.69, 9.17) is 16.3 Å². The number of Topliss-reactive ketones (excluding diaryl/α,β-unsaturated/α-hetero) is 1. The van der Waals surface area contributed by atoms with Crippen molar-refractivity contribution in [2.24, 2.45) is 11.8 Å². The van der Waals surface area contributed by atoms with E-state index in [1.807, 2.05) is 4.90 Å². The fourth-order valence-electron chi connectivity index (χ4n) is 5.50. The highest BCUT2D eigenvalue weighted by Gasteiger charge is 2.65. The summed E-state index contributed by atoms with van der Waals surface area (Å²) in [7, 11) is 1.32. The van der Waals surface area contributed by atoms with Gasteiger partial charge in [-0.05, 0) is 49.7 Å². The molecule has 0 N–H and O–H groups in total. The Hall–Kier alpha value is -3.30. The fourth-order valence-corrected chi connectivity index (χ4v) is 5.63. The van der Waals surface area contributed by atoms with E-state index in [-0.39, 0.29) is 28.9 Å². The number of nitro benzene ring substituents is 1. The zero-order valence-corrected chi connectivity index (χ0v) is 18.4. The number of amides is 2. The number of imide groups is 1. The Kier molecular flexibility index (Phi) is 5.18. The van der Waals surface area contributed by atoms with Gasteiger partial charge in [-0.25, -0.2) is 4.90 Å². The van der Waals surface area contributed by atoms with Gasteiger partial charge in [0, 0.05) is 22.7 Å². The average Bonchev–Trinajstić information content (AvgIpc) is 3.45. The molecule has 0 aromatic heterocycles. The van der Waals surface area contributed by atoms with Gasteiger partial charge in [-0.15, -0.1) is 0 Å². The van der Waals surface area contributed by atoms with Crippen LogP contribution >= 0.6 is 11.6 Å². The molecule has 0 saturated carbocycles. The van der Waals surface area contributed by atoms with Gasteiger partial charge in [0.05, 0.1) is 41.7 Å². The average molecular weight is 470 g/mol. The second kappa shape index (κ2) is 7.93. The predicted molar refractivity (Wildman–Crippen MR) is 118 cm³/mol. The quantitative estimate of drug-likeness (QED) is 0.286.